The Morgan fingerprint density at radius 3 is 2.67 bits per heavy atom. The third-order valence-corrected chi connectivity index (χ3v) is 3.96. The minimum Gasteiger partial charge on any atom is -0.496 e. The number of methoxy groups -OCH3 is 2. The first-order valence-corrected chi connectivity index (χ1v) is 8.46. The summed E-state index contributed by atoms with van der Waals surface area (Å²) >= 11 is 0. The van der Waals surface area contributed by atoms with Crippen molar-refractivity contribution in [3.63, 3.8) is 0 Å². The number of hydrazone groups is 1. The van der Waals surface area contributed by atoms with Gasteiger partial charge in [0.25, 0.3) is 5.91 Å². The second kappa shape index (κ2) is 8.27. The maximum Gasteiger partial charge on any atom is 0.287 e. The van der Waals surface area contributed by atoms with Crippen molar-refractivity contribution in [2.45, 2.75) is 6.92 Å². The van der Waals surface area contributed by atoms with Crippen molar-refractivity contribution >= 4 is 23.0 Å². The Bertz CT molecular complexity index is 979. The molecule has 0 spiro atoms. The van der Waals surface area contributed by atoms with Gasteiger partial charge in [0.15, 0.2) is 11.5 Å². The van der Waals surface area contributed by atoms with Crippen molar-refractivity contribution < 1.29 is 19.0 Å². The fourth-order valence-electron chi connectivity index (χ4n) is 2.69. The Morgan fingerprint density at radius 1 is 1.11 bits per heavy atom. The zero-order chi connectivity index (χ0) is 19.2. The van der Waals surface area contributed by atoms with Crippen molar-refractivity contribution in [2.24, 2.45) is 5.10 Å². The van der Waals surface area contributed by atoms with Gasteiger partial charge in [0, 0.05) is 10.9 Å². The lowest BCUT2D eigenvalue weighted by Gasteiger charge is -2.09. The van der Waals surface area contributed by atoms with Crippen LogP contribution in [0.5, 0.6) is 17.2 Å². The SMILES string of the molecule is CCOc1ccc(/C=N\NC(=O)c2cc3c(OC)cccc3[nH]2)cc1OC. The lowest BCUT2D eigenvalue weighted by atomic mass is 10.2. The number of carbonyl (C=O) groups is 1. The fourth-order valence-corrected chi connectivity index (χ4v) is 2.69. The third kappa shape index (κ3) is 4.03. The van der Waals surface area contributed by atoms with Gasteiger partial charge in [-0.15, -0.1) is 0 Å². The van der Waals surface area contributed by atoms with Crippen LogP contribution in [-0.4, -0.2) is 37.9 Å². The number of fused-ring (bicyclic) bond motifs is 1. The summed E-state index contributed by atoms with van der Waals surface area (Å²) in [6.07, 6.45) is 1.54. The van der Waals surface area contributed by atoms with E-state index in [1.165, 1.54) is 0 Å². The van der Waals surface area contributed by atoms with Gasteiger partial charge in [-0.2, -0.15) is 5.10 Å². The fraction of sp³-hybridized carbons (Fsp3) is 0.200. The van der Waals surface area contributed by atoms with E-state index in [9.17, 15) is 4.79 Å². The third-order valence-electron chi connectivity index (χ3n) is 3.96. The summed E-state index contributed by atoms with van der Waals surface area (Å²) in [6.45, 7) is 2.46. The normalized spacial score (nSPS) is 10.9. The monoisotopic (exact) mass is 367 g/mol. The van der Waals surface area contributed by atoms with Crippen molar-refractivity contribution in [3.8, 4) is 17.2 Å². The van der Waals surface area contributed by atoms with Crippen molar-refractivity contribution in [3.05, 3.63) is 53.7 Å². The molecule has 7 heteroatoms. The van der Waals surface area contributed by atoms with Gasteiger partial charge < -0.3 is 19.2 Å². The molecular formula is C20H21N3O4. The largest absolute Gasteiger partial charge is 0.496 e. The van der Waals surface area contributed by atoms with Crippen LogP contribution < -0.4 is 19.6 Å². The molecule has 1 amide bonds. The van der Waals surface area contributed by atoms with E-state index in [4.69, 9.17) is 14.2 Å². The molecule has 0 aliphatic heterocycles. The standard InChI is InChI=1S/C20H21N3O4/c1-4-27-18-9-8-13(10-19(18)26-3)12-21-23-20(24)16-11-14-15(22-16)6-5-7-17(14)25-2/h5-12,22H,4H2,1-3H3,(H,23,24)/b21-12-. The van der Waals surface area contributed by atoms with Gasteiger partial charge in [0.2, 0.25) is 0 Å². The number of benzene rings is 2. The molecule has 2 aromatic carbocycles. The van der Waals surface area contributed by atoms with Gasteiger partial charge >= 0.3 is 0 Å². The minimum absolute atomic E-state index is 0.345. The molecule has 0 unspecified atom stereocenters. The number of hydrogen-bond acceptors (Lipinski definition) is 5. The highest BCUT2D eigenvalue weighted by molar-refractivity contribution is 6.00. The molecule has 0 aliphatic rings. The molecule has 0 aliphatic carbocycles. The highest BCUT2D eigenvalue weighted by atomic mass is 16.5. The minimum atomic E-state index is -0.345. The van der Waals surface area contributed by atoms with Crippen molar-refractivity contribution in [1.29, 1.82) is 0 Å². The molecule has 2 N–H and O–H groups in total. The number of nitrogens with zero attached hydrogens (tertiary/aromatic N) is 1. The Labute approximate surface area is 156 Å². The van der Waals surface area contributed by atoms with Gasteiger partial charge in [-0.1, -0.05) is 6.07 Å². The van der Waals surface area contributed by atoms with Gasteiger partial charge in [-0.25, -0.2) is 5.43 Å². The van der Waals surface area contributed by atoms with E-state index >= 15 is 0 Å². The zero-order valence-electron chi connectivity index (χ0n) is 15.4. The first kappa shape index (κ1) is 18.3. The number of aromatic amines is 1. The molecular weight excluding hydrogens is 346 g/mol. The van der Waals surface area contributed by atoms with E-state index in [1.807, 2.05) is 31.2 Å². The smallest absolute Gasteiger partial charge is 0.287 e. The molecule has 1 aromatic heterocycles. The Hall–Kier alpha value is -3.48. The van der Waals surface area contributed by atoms with E-state index in [0.717, 1.165) is 16.5 Å². The predicted octanol–water partition coefficient (Wildman–Crippen LogP) is 3.35. The number of aromatic nitrogens is 1. The molecule has 0 saturated heterocycles. The van der Waals surface area contributed by atoms with E-state index in [1.54, 1.807) is 38.6 Å². The molecule has 3 rings (SSSR count). The highest BCUT2D eigenvalue weighted by Gasteiger charge is 2.11. The summed E-state index contributed by atoms with van der Waals surface area (Å²) in [4.78, 5) is 15.4. The van der Waals surface area contributed by atoms with E-state index in [0.29, 0.717) is 29.5 Å². The van der Waals surface area contributed by atoms with Crippen LogP contribution in [0.3, 0.4) is 0 Å². The average molecular weight is 367 g/mol. The van der Waals surface area contributed by atoms with E-state index in [2.05, 4.69) is 15.5 Å². The zero-order valence-corrected chi connectivity index (χ0v) is 15.4. The van der Waals surface area contributed by atoms with E-state index < -0.39 is 0 Å². The number of nitrogens with one attached hydrogen (secondary N) is 2. The maximum atomic E-state index is 12.3. The quantitative estimate of drug-likeness (QED) is 0.495. The van der Waals surface area contributed by atoms with Crippen molar-refractivity contribution in [1.82, 2.24) is 10.4 Å². The van der Waals surface area contributed by atoms with Crippen LogP contribution in [0, 0.1) is 0 Å². The number of ether oxygens (including phenoxy) is 3. The first-order valence-electron chi connectivity index (χ1n) is 8.46. The van der Waals surface area contributed by atoms with Crippen LogP contribution >= 0.6 is 0 Å². The van der Waals surface area contributed by atoms with Crippen LogP contribution in [0.15, 0.2) is 47.6 Å². The number of rotatable bonds is 7. The summed E-state index contributed by atoms with van der Waals surface area (Å²) in [5.41, 5.74) is 4.50. The first-order chi connectivity index (χ1) is 13.2. The summed E-state index contributed by atoms with van der Waals surface area (Å²) in [6, 6.07) is 12.7. The Balaban J connectivity index is 1.72. The maximum absolute atomic E-state index is 12.3. The second-order valence-electron chi connectivity index (χ2n) is 5.65. The molecule has 1 heterocycles. The van der Waals surface area contributed by atoms with Gasteiger partial charge in [0.05, 0.1) is 27.0 Å². The summed E-state index contributed by atoms with van der Waals surface area (Å²) in [7, 11) is 3.17. The van der Waals surface area contributed by atoms with Crippen LogP contribution in [0.4, 0.5) is 0 Å². The molecule has 0 bridgehead atoms. The van der Waals surface area contributed by atoms with Crippen molar-refractivity contribution in [2.75, 3.05) is 20.8 Å². The second-order valence-corrected chi connectivity index (χ2v) is 5.65. The molecule has 7 nitrogen and oxygen atoms in total. The molecule has 27 heavy (non-hydrogen) atoms. The number of hydrogen-bond donors (Lipinski definition) is 2. The van der Waals surface area contributed by atoms with Crippen LogP contribution in [0.1, 0.15) is 23.0 Å². The van der Waals surface area contributed by atoms with Crippen LogP contribution in [-0.2, 0) is 0 Å². The number of amides is 1. The molecule has 0 fully saturated rings. The summed E-state index contributed by atoms with van der Waals surface area (Å²) < 4.78 is 16.1. The number of carbonyl (C=O) groups excluding carboxylic acids is 1. The topological polar surface area (TPSA) is 84.9 Å². The van der Waals surface area contributed by atoms with Crippen LogP contribution in [0.2, 0.25) is 0 Å². The van der Waals surface area contributed by atoms with Crippen LogP contribution in [0.25, 0.3) is 10.9 Å². The molecule has 140 valence electrons. The van der Waals surface area contributed by atoms with Gasteiger partial charge in [0.1, 0.15) is 11.4 Å². The molecule has 0 radical (unpaired) electrons. The lowest BCUT2D eigenvalue weighted by Crippen LogP contribution is -2.17. The molecule has 0 saturated carbocycles. The molecule has 0 atom stereocenters. The van der Waals surface area contributed by atoms with Gasteiger partial charge in [-0.3, -0.25) is 4.79 Å². The highest BCUT2D eigenvalue weighted by Crippen LogP contribution is 2.27. The van der Waals surface area contributed by atoms with E-state index in [-0.39, 0.29) is 5.91 Å². The summed E-state index contributed by atoms with van der Waals surface area (Å²) in [5, 5.41) is 4.85. The Kier molecular flexibility index (Phi) is 5.61. The predicted molar refractivity (Wildman–Crippen MR) is 104 cm³/mol. The lowest BCUT2D eigenvalue weighted by molar-refractivity contribution is 0.0951. The molecule has 3 aromatic rings. The number of H-pyrrole nitrogens is 1. The average Bonchev–Trinajstić information content (AvgIpc) is 3.13. The van der Waals surface area contributed by atoms with Gasteiger partial charge in [-0.05, 0) is 48.9 Å². The Morgan fingerprint density at radius 2 is 1.93 bits per heavy atom. The summed E-state index contributed by atoms with van der Waals surface area (Å²) in [5.74, 6) is 1.62.